The fraction of sp³-hybridized carbons (Fsp3) is 1.00. The lowest BCUT2D eigenvalue weighted by Crippen LogP contribution is -2.21. The lowest BCUT2D eigenvalue weighted by Gasteiger charge is -2.05. The second-order valence-corrected chi connectivity index (χ2v) is 3.04. The number of hydrogen-bond donors (Lipinski definition) is 1. The van der Waals surface area contributed by atoms with E-state index in [1.165, 1.54) is 32.2 Å². The van der Waals surface area contributed by atoms with Crippen molar-refractivity contribution < 1.29 is 0 Å². The Hall–Kier alpha value is -0.0400. The highest BCUT2D eigenvalue weighted by Gasteiger charge is 2.30. The summed E-state index contributed by atoms with van der Waals surface area (Å²) in [6.45, 7) is 1.29. The van der Waals surface area contributed by atoms with Crippen LogP contribution in [-0.4, -0.2) is 12.6 Å². The summed E-state index contributed by atoms with van der Waals surface area (Å²) in [4.78, 5) is 0. The van der Waals surface area contributed by atoms with E-state index >= 15 is 0 Å². The van der Waals surface area contributed by atoms with Crippen LogP contribution in [0.25, 0.3) is 0 Å². The Labute approximate surface area is 50.5 Å². The van der Waals surface area contributed by atoms with Gasteiger partial charge >= 0.3 is 0 Å². The number of rotatable bonds is 0. The van der Waals surface area contributed by atoms with Gasteiger partial charge in [-0.15, -0.1) is 0 Å². The molecule has 2 fully saturated rings. The standard InChI is InChI=1S/C7H13N/c1-2-6-4-5-8-7(6)3-1/h6-8H,1-5H2/t6-,7+/m0/s1. The Balaban J connectivity index is 2.04. The highest BCUT2D eigenvalue weighted by atomic mass is 15.0. The fourth-order valence-electron chi connectivity index (χ4n) is 2.11. The average Bonchev–Trinajstić information content (AvgIpc) is 2.15. The van der Waals surface area contributed by atoms with Crippen LogP contribution in [0.15, 0.2) is 0 Å². The van der Waals surface area contributed by atoms with E-state index in [1.54, 1.807) is 0 Å². The molecule has 1 N–H and O–H groups in total. The lowest BCUT2D eigenvalue weighted by molar-refractivity contribution is 0.518. The van der Waals surface area contributed by atoms with Crippen molar-refractivity contribution in [1.82, 2.24) is 5.32 Å². The molecule has 46 valence electrons. The van der Waals surface area contributed by atoms with Crippen molar-refractivity contribution in [3.05, 3.63) is 0 Å². The smallest absolute Gasteiger partial charge is 0.00958 e. The molecule has 1 aliphatic heterocycles. The van der Waals surface area contributed by atoms with Crippen molar-refractivity contribution >= 4 is 0 Å². The van der Waals surface area contributed by atoms with E-state index < -0.39 is 0 Å². The molecule has 0 bridgehead atoms. The van der Waals surface area contributed by atoms with Crippen molar-refractivity contribution in [2.45, 2.75) is 31.7 Å². The molecular weight excluding hydrogens is 98.1 g/mol. The molecule has 1 heteroatoms. The van der Waals surface area contributed by atoms with Gasteiger partial charge in [0, 0.05) is 6.04 Å². The zero-order valence-corrected chi connectivity index (χ0v) is 5.19. The van der Waals surface area contributed by atoms with Crippen molar-refractivity contribution in [3.8, 4) is 0 Å². The molecule has 0 aromatic rings. The molecule has 0 unspecified atom stereocenters. The molecule has 0 aromatic carbocycles. The van der Waals surface area contributed by atoms with Crippen molar-refractivity contribution in [1.29, 1.82) is 0 Å². The normalized spacial score (nSPS) is 45.0. The molecule has 1 saturated carbocycles. The molecular formula is C7H13N. The predicted octanol–water partition coefficient (Wildman–Crippen LogP) is 1.15. The van der Waals surface area contributed by atoms with Gasteiger partial charge in [0.1, 0.15) is 0 Å². The van der Waals surface area contributed by atoms with Crippen LogP contribution in [0.1, 0.15) is 25.7 Å². The molecule has 1 nitrogen and oxygen atoms in total. The minimum Gasteiger partial charge on any atom is -0.314 e. The molecule has 0 radical (unpaired) electrons. The first-order chi connectivity index (χ1) is 3.97. The molecule has 8 heavy (non-hydrogen) atoms. The topological polar surface area (TPSA) is 12.0 Å². The molecule has 1 heterocycles. The zero-order chi connectivity index (χ0) is 5.40. The van der Waals surface area contributed by atoms with Gasteiger partial charge in [-0.05, 0) is 31.7 Å². The Bertz CT molecular complexity index is 70.4. The van der Waals surface area contributed by atoms with Gasteiger partial charge in [0.05, 0.1) is 0 Å². The highest BCUT2D eigenvalue weighted by Crippen LogP contribution is 2.31. The molecule has 2 aliphatic rings. The second-order valence-electron chi connectivity index (χ2n) is 3.04. The van der Waals surface area contributed by atoms with Gasteiger partial charge in [0.15, 0.2) is 0 Å². The summed E-state index contributed by atoms with van der Waals surface area (Å²) in [5.74, 6) is 1.06. The number of fused-ring (bicyclic) bond motifs is 1. The molecule has 0 amide bonds. The minimum absolute atomic E-state index is 0.926. The number of nitrogens with one attached hydrogen (secondary N) is 1. The van der Waals surface area contributed by atoms with E-state index in [9.17, 15) is 0 Å². The third-order valence-corrected chi connectivity index (χ3v) is 2.58. The lowest BCUT2D eigenvalue weighted by atomic mass is 10.1. The Morgan fingerprint density at radius 3 is 3.00 bits per heavy atom. The zero-order valence-electron chi connectivity index (χ0n) is 5.19. The van der Waals surface area contributed by atoms with Gasteiger partial charge in [-0.2, -0.15) is 0 Å². The molecule has 0 spiro atoms. The first-order valence-electron chi connectivity index (χ1n) is 3.70. The van der Waals surface area contributed by atoms with E-state index in [4.69, 9.17) is 0 Å². The summed E-state index contributed by atoms with van der Waals surface area (Å²) < 4.78 is 0. The van der Waals surface area contributed by atoms with Gasteiger partial charge in [0.2, 0.25) is 0 Å². The summed E-state index contributed by atoms with van der Waals surface area (Å²) in [5.41, 5.74) is 0. The molecule has 1 saturated heterocycles. The van der Waals surface area contributed by atoms with E-state index in [-0.39, 0.29) is 0 Å². The molecule has 2 atom stereocenters. The number of hydrogen-bond acceptors (Lipinski definition) is 1. The van der Waals surface area contributed by atoms with Crippen LogP contribution in [0.4, 0.5) is 0 Å². The minimum atomic E-state index is 0.926. The van der Waals surface area contributed by atoms with Gasteiger partial charge in [-0.25, -0.2) is 0 Å². The van der Waals surface area contributed by atoms with Crippen LogP contribution in [0.5, 0.6) is 0 Å². The van der Waals surface area contributed by atoms with Crippen molar-refractivity contribution in [3.63, 3.8) is 0 Å². The Morgan fingerprint density at radius 1 is 1.12 bits per heavy atom. The summed E-state index contributed by atoms with van der Waals surface area (Å²) in [7, 11) is 0. The van der Waals surface area contributed by atoms with Crippen LogP contribution in [0.2, 0.25) is 0 Å². The van der Waals surface area contributed by atoms with Gasteiger partial charge in [-0.1, -0.05) is 6.42 Å². The summed E-state index contributed by atoms with van der Waals surface area (Å²) in [6, 6.07) is 0.926. The van der Waals surface area contributed by atoms with Crippen LogP contribution >= 0.6 is 0 Å². The van der Waals surface area contributed by atoms with Crippen molar-refractivity contribution in [2.24, 2.45) is 5.92 Å². The molecule has 0 aromatic heterocycles. The van der Waals surface area contributed by atoms with Gasteiger partial charge in [0.25, 0.3) is 0 Å². The van der Waals surface area contributed by atoms with E-state index in [0.717, 1.165) is 12.0 Å². The first kappa shape index (κ1) is 4.80. The summed E-state index contributed by atoms with van der Waals surface area (Å²) >= 11 is 0. The van der Waals surface area contributed by atoms with Crippen molar-refractivity contribution in [2.75, 3.05) is 6.54 Å². The predicted molar refractivity (Wildman–Crippen MR) is 33.7 cm³/mol. The van der Waals surface area contributed by atoms with E-state index in [1.807, 2.05) is 0 Å². The maximum absolute atomic E-state index is 3.52. The Kier molecular flexibility index (Phi) is 1.04. The van der Waals surface area contributed by atoms with Crippen LogP contribution in [-0.2, 0) is 0 Å². The quantitative estimate of drug-likeness (QED) is 0.494. The third-order valence-electron chi connectivity index (χ3n) is 2.58. The molecule has 2 rings (SSSR count). The van der Waals surface area contributed by atoms with Crippen LogP contribution in [0, 0.1) is 5.92 Å². The largest absolute Gasteiger partial charge is 0.314 e. The second kappa shape index (κ2) is 1.73. The van der Waals surface area contributed by atoms with Crippen LogP contribution in [0.3, 0.4) is 0 Å². The summed E-state index contributed by atoms with van der Waals surface area (Å²) in [5, 5.41) is 3.52. The third kappa shape index (κ3) is 0.576. The molecule has 1 aliphatic carbocycles. The van der Waals surface area contributed by atoms with E-state index in [2.05, 4.69) is 5.32 Å². The van der Waals surface area contributed by atoms with E-state index in [0.29, 0.717) is 0 Å². The maximum Gasteiger partial charge on any atom is 0.00958 e. The SMILES string of the molecule is C1C[C@H]2CCN[C@@H]2C1. The van der Waals surface area contributed by atoms with Gasteiger partial charge < -0.3 is 5.32 Å². The first-order valence-corrected chi connectivity index (χ1v) is 3.70. The highest BCUT2D eigenvalue weighted by molar-refractivity contribution is 4.88. The monoisotopic (exact) mass is 111 g/mol. The average molecular weight is 111 g/mol. The maximum atomic E-state index is 3.52. The fourth-order valence-corrected chi connectivity index (χ4v) is 2.11. The van der Waals surface area contributed by atoms with Crippen LogP contribution < -0.4 is 5.32 Å². The Morgan fingerprint density at radius 2 is 2.12 bits per heavy atom. The van der Waals surface area contributed by atoms with Gasteiger partial charge in [-0.3, -0.25) is 0 Å². The summed E-state index contributed by atoms with van der Waals surface area (Å²) in [6.07, 6.45) is 5.87.